The molecule has 15 heteroatoms. The Labute approximate surface area is 298 Å². The number of carbonyl (C=O) groups excluding carboxylic acids is 1. The Hall–Kier alpha value is -4.04. The first-order chi connectivity index (χ1) is 24.7. The number of carbonyl (C=O) groups is 1. The Bertz CT molecular complexity index is 1890. The summed E-state index contributed by atoms with van der Waals surface area (Å²) in [6, 6.07) is 10.0. The predicted molar refractivity (Wildman–Crippen MR) is 184 cm³/mol. The number of nitriles is 1. The fraction of sp³-hybridized carbons (Fsp3) is 0.528. The highest BCUT2D eigenvalue weighted by Gasteiger charge is 2.70. The number of nitrogens with zero attached hydrogens (tertiary/aromatic N) is 7. The largest absolute Gasteiger partial charge is 0.497 e. The minimum absolute atomic E-state index is 0.0670. The number of ether oxygens (including phenoxy) is 4. The number of piperazine rings is 1. The molecule has 1 spiro atoms. The van der Waals surface area contributed by atoms with Gasteiger partial charge in [0.1, 0.15) is 22.8 Å². The number of methoxy groups -OCH3 is 2. The highest BCUT2D eigenvalue weighted by Crippen LogP contribution is 2.58. The maximum atomic E-state index is 15.4. The summed E-state index contributed by atoms with van der Waals surface area (Å²) in [4.78, 5) is 24.3. The average molecular weight is 718 g/mol. The molecule has 14 nitrogen and oxygen atoms in total. The quantitative estimate of drug-likeness (QED) is 0.351. The van der Waals surface area contributed by atoms with Gasteiger partial charge < -0.3 is 18.9 Å². The van der Waals surface area contributed by atoms with E-state index in [1.54, 1.807) is 43.5 Å². The highest BCUT2D eigenvalue weighted by atomic mass is 32.2. The third-order valence-electron chi connectivity index (χ3n) is 11.4. The summed E-state index contributed by atoms with van der Waals surface area (Å²) < 4.78 is 52.5. The molecule has 1 aliphatic carbocycles. The van der Waals surface area contributed by atoms with Crippen LogP contribution in [0.25, 0.3) is 0 Å². The van der Waals surface area contributed by atoms with Gasteiger partial charge in [0.05, 0.1) is 58.4 Å². The Morgan fingerprint density at radius 1 is 1.00 bits per heavy atom. The topological polar surface area (TPSA) is 141 Å². The maximum Gasteiger partial charge on any atom is 0.284 e. The number of sulfonamides is 1. The zero-order chi connectivity index (χ0) is 35.5. The number of fused-ring (bicyclic) bond motifs is 1. The summed E-state index contributed by atoms with van der Waals surface area (Å²) in [5.41, 5.74) is -0.732. The number of rotatable bonds is 10. The molecule has 270 valence electrons. The molecule has 0 saturated carbocycles. The highest BCUT2D eigenvalue weighted by molar-refractivity contribution is 7.89. The van der Waals surface area contributed by atoms with Crippen molar-refractivity contribution in [3.63, 3.8) is 0 Å². The van der Waals surface area contributed by atoms with Crippen molar-refractivity contribution >= 4 is 15.9 Å². The van der Waals surface area contributed by atoms with Gasteiger partial charge in [-0.2, -0.15) is 13.7 Å². The van der Waals surface area contributed by atoms with Crippen molar-refractivity contribution in [1.29, 1.82) is 5.26 Å². The fourth-order valence-electron chi connectivity index (χ4n) is 8.75. The second-order valence-corrected chi connectivity index (χ2v) is 15.9. The van der Waals surface area contributed by atoms with Crippen molar-refractivity contribution in [2.75, 3.05) is 86.4 Å². The zero-order valence-corrected chi connectivity index (χ0v) is 29.9. The summed E-state index contributed by atoms with van der Waals surface area (Å²) in [6.07, 6.45) is 6.31. The first-order valence-corrected chi connectivity index (χ1v) is 18.9. The first-order valence-electron chi connectivity index (χ1n) is 17.4. The number of benzene rings is 1. The smallest absolute Gasteiger partial charge is 0.284 e. The van der Waals surface area contributed by atoms with E-state index < -0.39 is 33.4 Å². The Balaban J connectivity index is 1.16. The van der Waals surface area contributed by atoms with Crippen LogP contribution in [0.3, 0.4) is 0 Å². The molecule has 5 aliphatic heterocycles. The predicted octanol–water partition coefficient (Wildman–Crippen LogP) is 1.48. The third kappa shape index (κ3) is 5.34. The van der Waals surface area contributed by atoms with Crippen LogP contribution in [0.5, 0.6) is 17.2 Å². The molecule has 8 rings (SSSR count). The molecule has 2 aromatic rings. The summed E-state index contributed by atoms with van der Waals surface area (Å²) in [7, 11) is -1.45. The van der Waals surface area contributed by atoms with E-state index in [2.05, 4.69) is 30.9 Å². The van der Waals surface area contributed by atoms with Crippen LogP contribution in [-0.4, -0.2) is 142 Å². The number of hydrogen-bond acceptors (Lipinski definition) is 13. The molecular formula is C36H43N7O7S. The van der Waals surface area contributed by atoms with Crippen LogP contribution in [0.15, 0.2) is 65.4 Å². The van der Waals surface area contributed by atoms with Crippen molar-refractivity contribution in [3.05, 3.63) is 65.9 Å². The number of likely N-dealkylation sites (tertiary alicyclic amines) is 1. The molecule has 0 N–H and O–H groups in total. The van der Waals surface area contributed by atoms with Crippen molar-refractivity contribution in [2.45, 2.75) is 29.6 Å². The number of pyridine rings is 1. The van der Waals surface area contributed by atoms with Crippen LogP contribution in [-0.2, 0) is 25.1 Å². The standard InChI is InChI=1S/C36H43N7O7S/c1-4-50-32-9-6-27(47-2)16-30(32)36(40-21-35(22-40)23-42(24-35)41-13-11-39(12-14-41)26-19-49-20-26)29-15-25(17-37)5-8-31(29)43(34(36)44)51(45,46)33-10-7-28(48-3)18-38-33/h5-10,15-16,18,26,29,31H,4,11-14,19-24H2,1-3H3. The van der Waals surface area contributed by atoms with Crippen molar-refractivity contribution in [2.24, 2.45) is 11.3 Å². The van der Waals surface area contributed by atoms with Crippen LogP contribution in [0.2, 0.25) is 0 Å². The van der Waals surface area contributed by atoms with Gasteiger partial charge in [0.2, 0.25) is 0 Å². The Morgan fingerprint density at radius 3 is 2.33 bits per heavy atom. The van der Waals surface area contributed by atoms with Gasteiger partial charge in [-0.1, -0.05) is 12.2 Å². The molecule has 0 radical (unpaired) electrons. The van der Waals surface area contributed by atoms with E-state index >= 15 is 4.79 Å². The SMILES string of the molecule is CCOc1ccc(OC)cc1C1(N2CC3(CN(N4CCN(C5COC5)CC4)C3)C2)C(=O)N(S(=O)(=O)c2ccc(OC)cn2)C2C=CC(C#N)=CC21. The second-order valence-electron chi connectivity index (χ2n) is 14.2. The molecule has 1 aromatic carbocycles. The molecule has 1 aromatic heterocycles. The summed E-state index contributed by atoms with van der Waals surface area (Å²) >= 11 is 0. The average Bonchev–Trinajstić information content (AvgIpc) is 3.35. The van der Waals surface area contributed by atoms with Gasteiger partial charge in [-0.05, 0) is 43.3 Å². The van der Waals surface area contributed by atoms with E-state index in [1.165, 1.54) is 25.4 Å². The molecule has 3 atom stereocenters. The lowest BCUT2D eigenvalue weighted by Gasteiger charge is -2.66. The van der Waals surface area contributed by atoms with Crippen LogP contribution < -0.4 is 14.2 Å². The van der Waals surface area contributed by atoms with Crippen molar-refractivity contribution < 1.29 is 32.2 Å². The summed E-state index contributed by atoms with van der Waals surface area (Å²) in [5.74, 6) is -0.0166. The number of hydrogen-bond donors (Lipinski definition) is 0. The molecule has 1 amide bonds. The number of hydrazine groups is 1. The molecule has 6 heterocycles. The van der Waals surface area contributed by atoms with Crippen LogP contribution in [0, 0.1) is 22.7 Å². The number of amides is 1. The lowest BCUT2D eigenvalue weighted by molar-refractivity contribution is -0.231. The van der Waals surface area contributed by atoms with Gasteiger partial charge in [0.15, 0.2) is 5.03 Å². The molecular weight excluding hydrogens is 675 g/mol. The molecule has 51 heavy (non-hydrogen) atoms. The van der Waals surface area contributed by atoms with Crippen LogP contribution >= 0.6 is 0 Å². The third-order valence-corrected chi connectivity index (χ3v) is 13.1. The van der Waals surface area contributed by atoms with Crippen molar-refractivity contribution in [3.8, 4) is 23.3 Å². The van der Waals surface area contributed by atoms with E-state index in [0.29, 0.717) is 54.1 Å². The number of allylic oxidation sites excluding steroid dienone is 2. The monoisotopic (exact) mass is 717 g/mol. The molecule has 5 saturated heterocycles. The van der Waals surface area contributed by atoms with Gasteiger partial charge in [-0.25, -0.2) is 19.3 Å². The maximum absolute atomic E-state index is 15.4. The second kappa shape index (κ2) is 12.9. The van der Waals surface area contributed by atoms with Gasteiger partial charge >= 0.3 is 0 Å². The summed E-state index contributed by atoms with van der Waals surface area (Å²) in [6.45, 7) is 10.6. The lowest BCUT2D eigenvalue weighted by atomic mass is 9.65. The molecule has 6 aliphatic rings. The normalized spacial score (nSPS) is 28.3. The van der Waals surface area contributed by atoms with Gasteiger partial charge in [0, 0.05) is 74.8 Å². The Morgan fingerprint density at radius 2 is 1.73 bits per heavy atom. The van der Waals surface area contributed by atoms with E-state index in [4.69, 9.17) is 18.9 Å². The Kier molecular flexibility index (Phi) is 8.60. The van der Waals surface area contributed by atoms with Gasteiger partial charge in [-0.3, -0.25) is 14.6 Å². The minimum Gasteiger partial charge on any atom is -0.497 e. The minimum atomic E-state index is -4.47. The van der Waals surface area contributed by atoms with E-state index in [9.17, 15) is 13.7 Å². The zero-order valence-electron chi connectivity index (χ0n) is 29.1. The molecule has 5 fully saturated rings. The van der Waals surface area contributed by atoms with E-state index in [1.807, 2.05) is 6.92 Å². The fourth-order valence-corrected chi connectivity index (χ4v) is 10.3. The molecule has 3 unspecified atom stereocenters. The number of aromatic nitrogens is 1. The van der Waals surface area contributed by atoms with Crippen LogP contribution in [0.1, 0.15) is 12.5 Å². The van der Waals surface area contributed by atoms with Gasteiger partial charge in [0.25, 0.3) is 15.9 Å². The molecule has 0 bridgehead atoms. The van der Waals surface area contributed by atoms with Crippen LogP contribution in [0.4, 0.5) is 0 Å². The van der Waals surface area contributed by atoms with E-state index in [-0.39, 0.29) is 10.4 Å². The van der Waals surface area contributed by atoms with Gasteiger partial charge in [-0.15, -0.1) is 0 Å². The summed E-state index contributed by atoms with van der Waals surface area (Å²) in [5, 5.41) is 14.6. The van der Waals surface area contributed by atoms with Crippen molar-refractivity contribution in [1.82, 2.24) is 29.1 Å². The van der Waals surface area contributed by atoms with E-state index in [0.717, 1.165) is 56.8 Å². The first kappa shape index (κ1) is 34.1. The lowest BCUT2D eigenvalue weighted by Crippen LogP contribution is -2.79.